The first kappa shape index (κ1) is 12.0. The van der Waals surface area contributed by atoms with Crippen molar-refractivity contribution in [3.63, 3.8) is 0 Å². The predicted molar refractivity (Wildman–Crippen MR) is 68.8 cm³/mol. The molecule has 0 bridgehead atoms. The second kappa shape index (κ2) is 5.27. The van der Waals surface area contributed by atoms with Crippen LogP contribution in [0.4, 0.5) is 5.69 Å². The first-order chi connectivity index (χ1) is 8.66. The molecule has 0 aliphatic carbocycles. The summed E-state index contributed by atoms with van der Waals surface area (Å²) in [5, 5.41) is 2.79. The lowest BCUT2D eigenvalue weighted by molar-refractivity contribution is 0.0950. The first-order valence-corrected chi connectivity index (χ1v) is 5.56. The molecule has 3 N–H and O–H groups in total. The Morgan fingerprint density at radius 3 is 2.89 bits per heavy atom. The van der Waals surface area contributed by atoms with E-state index in [1.54, 1.807) is 30.5 Å². The molecular weight excluding hydrogens is 228 g/mol. The second-order valence-corrected chi connectivity index (χ2v) is 3.95. The third kappa shape index (κ3) is 2.82. The van der Waals surface area contributed by atoms with Gasteiger partial charge in [0.15, 0.2) is 0 Å². The van der Waals surface area contributed by atoms with Crippen LogP contribution in [-0.4, -0.2) is 15.9 Å². The number of carbonyl (C=O) groups is 1. The van der Waals surface area contributed by atoms with E-state index in [0.717, 1.165) is 11.3 Å². The van der Waals surface area contributed by atoms with Crippen molar-refractivity contribution in [2.75, 3.05) is 5.73 Å². The minimum absolute atomic E-state index is 0.142. The molecule has 0 aliphatic heterocycles. The minimum Gasteiger partial charge on any atom is -0.399 e. The number of benzene rings is 1. The van der Waals surface area contributed by atoms with Crippen molar-refractivity contribution in [2.24, 2.45) is 0 Å². The van der Waals surface area contributed by atoms with Gasteiger partial charge in [-0.3, -0.25) is 4.79 Å². The Labute approximate surface area is 105 Å². The lowest BCUT2D eigenvalue weighted by Crippen LogP contribution is -2.23. The van der Waals surface area contributed by atoms with Gasteiger partial charge < -0.3 is 11.1 Å². The molecule has 1 heterocycles. The number of rotatable bonds is 3. The minimum atomic E-state index is -0.142. The highest BCUT2D eigenvalue weighted by molar-refractivity contribution is 5.94. The average Bonchev–Trinajstić information content (AvgIpc) is 2.40. The number of nitrogens with two attached hydrogens (primary N) is 1. The summed E-state index contributed by atoms with van der Waals surface area (Å²) in [7, 11) is 0. The van der Waals surface area contributed by atoms with E-state index in [4.69, 9.17) is 5.73 Å². The zero-order valence-electron chi connectivity index (χ0n) is 10.1. The SMILES string of the molecule is Cc1cc(C(=O)NCc2ccncn2)ccc1N. The van der Waals surface area contributed by atoms with Crippen molar-refractivity contribution < 1.29 is 4.79 Å². The lowest BCUT2D eigenvalue weighted by Gasteiger charge is -2.06. The lowest BCUT2D eigenvalue weighted by atomic mass is 10.1. The van der Waals surface area contributed by atoms with Gasteiger partial charge in [0.1, 0.15) is 6.33 Å². The average molecular weight is 242 g/mol. The van der Waals surface area contributed by atoms with Crippen LogP contribution in [0.25, 0.3) is 0 Å². The monoisotopic (exact) mass is 242 g/mol. The third-order valence-electron chi connectivity index (χ3n) is 2.61. The molecule has 18 heavy (non-hydrogen) atoms. The molecule has 1 aromatic heterocycles. The highest BCUT2D eigenvalue weighted by Gasteiger charge is 2.06. The smallest absolute Gasteiger partial charge is 0.251 e. The van der Waals surface area contributed by atoms with Gasteiger partial charge in [-0.25, -0.2) is 9.97 Å². The van der Waals surface area contributed by atoms with Gasteiger partial charge in [-0.1, -0.05) is 0 Å². The maximum absolute atomic E-state index is 11.9. The molecule has 0 saturated heterocycles. The van der Waals surface area contributed by atoms with Crippen LogP contribution in [0, 0.1) is 6.92 Å². The topological polar surface area (TPSA) is 80.9 Å². The molecule has 92 valence electrons. The fraction of sp³-hybridized carbons (Fsp3) is 0.154. The van der Waals surface area contributed by atoms with Gasteiger partial charge in [0.25, 0.3) is 5.91 Å². The molecule has 0 radical (unpaired) electrons. The standard InChI is InChI=1S/C13H14N4O/c1-9-6-10(2-3-12(9)14)13(18)16-7-11-4-5-15-8-17-11/h2-6,8H,7,14H2,1H3,(H,16,18). The van der Waals surface area contributed by atoms with E-state index in [9.17, 15) is 4.79 Å². The third-order valence-corrected chi connectivity index (χ3v) is 2.61. The predicted octanol–water partition coefficient (Wildman–Crippen LogP) is 1.30. The Balaban J connectivity index is 2.02. The van der Waals surface area contributed by atoms with Crippen LogP contribution >= 0.6 is 0 Å². The molecular formula is C13H14N4O. The van der Waals surface area contributed by atoms with Crippen molar-refractivity contribution in [3.05, 3.63) is 53.6 Å². The van der Waals surface area contributed by atoms with Gasteiger partial charge in [0.05, 0.1) is 12.2 Å². The number of aromatic nitrogens is 2. The molecule has 0 aliphatic rings. The van der Waals surface area contributed by atoms with Crippen LogP contribution in [0.5, 0.6) is 0 Å². The van der Waals surface area contributed by atoms with Crippen molar-refractivity contribution >= 4 is 11.6 Å². The van der Waals surface area contributed by atoms with Crippen molar-refractivity contribution in [3.8, 4) is 0 Å². The number of amides is 1. The molecule has 1 aromatic carbocycles. The maximum atomic E-state index is 11.9. The maximum Gasteiger partial charge on any atom is 0.251 e. The van der Waals surface area contributed by atoms with E-state index in [0.29, 0.717) is 17.8 Å². The summed E-state index contributed by atoms with van der Waals surface area (Å²) >= 11 is 0. The number of anilines is 1. The number of nitrogens with one attached hydrogen (secondary N) is 1. The zero-order chi connectivity index (χ0) is 13.0. The van der Waals surface area contributed by atoms with Crippen LogP contribution in [0.1, 0.15) is 21.6 Å². The van der Waals surface area contributed by atoms with Gasteiger partial charge in [0, 0.05) is 17.4 Å². The number of nitrogen functional groups attached to an aromatic ring is 1. The molecule has 5 heteroatoms. The molecule has 0 saturated carbocycles. The highest BCUT2D eigenvalue weighted by atomic mass is 16.1. The van der Waals surface area contributed by atoms with Crippen LogP contribution in [0.3, 0.4) is 0 Å². The quantitative estimate of drug-likeness (QED) is 0.795. The number of nitrogens with zero attached hydrogens (tertiary/aromatic N) is 2. The summed E-state index contributed by atoms with van der Waals surface area (Å²) in [6.07, 6.45) is 3.09. The van der Waals surface area contributed by atoms with E-state index in [1.807, 2.05) is 6.92 Å². The molecule has 0 fully saturated rings. The van der Waals surface area contributed by atoms with Gasteiger partial charge in [0.2, 0.25) is 0 Å². The zero-order valence-corrected chi connectivity index (χ0v) is 10.1. The molecule has 0 unspecified atom stereocenters. The number of carbonyl (C=O) groups excluding carboxylic acids is 1. The van der Waals surface area contributed by atoms with Crippen LogP contribution in [0.15, 0.2) is 36.8 Å². The Kier molecular flexibility index (Phi) is 3.52. The van der Waals surface area contributed by atoms with Gasteiger partial charge in [-0.2, -0.15) is 0 Å². The number of aryl methyl sites for hydroxylation is 1. The molecule has 0 atom stereocenters. The van der Waals surface area contributed by atoms with Gasteiger partial charge in [-0.05, 0) is 36.8 Å². The molecule has 2 rings (SSSR count). The molecule has 2 aromatic rings. The second-order valence-electron chi connectivity index (χ2n) is 3.95. The molecule has 5 nitrogen and oxygen atoms in total. The van der Waals surface area contributed by atoms with Crippen LogP contribution < -0.4 is 11.1 Å². The number of hydrogen-bond donors (Lipinski definition) is 2. The summed E-state index contributed by atoms with van der Waals surface area (Å²) < 4.78 is 0. The van der Waals surface area contributed by atoms with Gasteiger partial charge >= 0.3 is 0 Å². The Hall–Kier alpha value is -2.43. The van der Waals surface area contributed by atoms with Crippen LogP contribution in [0.2, 0.25) is 0 Å². The Morgan fingerprint density at radius 2 is 2.22 bits per heavy atom. The van der Waals surface area contributed by atoms with Crippen molar-refractivity contribution in [2.45, 2.75) is 13.5 Å². The van der Waals surface area contributed by atoms with E-state index in [-0.39, 0.29) is 5.91 Å². The number of hydrogen-bond acceptors (Lipinski definition) is 4. The van der Waals surface area contributed by atoms with E-state index >= 15 is 0 Å². The van der Waals surface area contributed by atoms with Crippen molar-refractivity contribution in [1.82, 2.24) is 15.3 Å². The highest BCUT2D eigenvalue weighted by Crippen LogP contribution is 2.12. The van der Waals surface area contributed by atoms with Gasteiger partial charge in [-0.15, -0.1) is 0 Å². The van der Waals surface area contributed by atoms with E-state index < -0.39 is 0 Å². The summed E-state index contributed by atoms with van der Waals surface area (Å²) in [6.45, 7) is 2.25. The van der Waals surface area contributed by atoms with E-state index in [2.05, 4.69) is 15.3 Å². The summed E-state index contributed by atoms with van der Waals surface area (Å²) in [5.74, 6) is -0.142. The fourth-order valence-electron chi connectivity index (χ4n) is 1.51. The Morgan fingerprint density at radius 1 is 1.39 bits per heavy atom. The fourth-order valence-corrected chi connectivity index (χ4v) is 1.51. The largest absolute Gasteiger partial charge is 0.399 e. The normalized spacial score (nSPS) is 10.1. The summed E-state index contributed by atoms with van der Waals surface area (Å²) in [6, 6.07) is 6.96. The van der Waals surface area contributed by atoms with Crippen molar-refractivity contribution in [1.29, 1.82) is 0 Å². The van der Waals surface area contributed by atoms with E-state index in [1.165, 1.54) is 6.33 Å². The van der Waals surface area contributed by atoms with Crippen LogP contribution in [-0.2, 0) is 6.54 Å². The Bertz CT molecular complexity index is 554. The first-order valence-electron chi connectivity index (χ1n) is 5.56. The molecule has 1 amide bonds. The summed E-state index contributed by atoms with van der Waals surface area (Å²) in [5.41, 5.74) is 8.64. The summed E-state index contributed by atoms with van der Waals surface area (Å²) in [4.78, 5) is 19.7. The molecule has 0 spiro atoms.